The number of anilines is 2. The summed E-state index contributed by atoms with van der Waals surface area (Å²) in [6.07, 6.45) is 5.26. The van der Waals surface area contributed by atoms with E-state index in [1.165, 1.54) is 12.8 Å². The Morgan fingerprint density at radius 1 is 1.13 bits per heavy atom. The molecule has 0 bridgehead atoms. The van der Waals surface area contributed by atoms with Crippen LogP contribution >= 0.6 is 11.6 Å². The summed E-state index contributed by atoms with van der Waals surface area (Å²) in [4.78, 5) is 28.7. The Labute approximate surface area is 279 Å². The van der Waals surface area contributed by atoms with E-state index in [-0.39, 0.29) is 34.7 Å². The molecule has 250 valence electrons. The molecule has 7 rings (SSSR count). The van der Waals surface area contributed by atoms with E-state index in [1.54, 1.807) is 21.8 Å². The minimum atomic E-state index is -0.954. The van der Waals surface area contributed by atoms with Crippen LogP contribution in [0.15, 0.2) is 30.5 Å². The van der Waals surface area contributed by atoms with E-state index in [1.807, 2.05) is 39.1 Å². The zero-order valence-electron chi connectivity index (χ0n) is 28.0. The number of benzene rings is 2. The predicted octanol–water partition coefficient (Wildman–Crippen LogP) is 7.01. The lowest BCUT2D eigenvalue weighted by Gasteiger charge is -2.56. The molecule has 47 heavy (non-hydrogen) atoms. The molecule has 0 spiro atoms. The number of rotatable bonds is 5. The maximum absolute atomic E-state index is 17.1. The van der Waals surface area contributed by atoms with E-state index in [2.05, 4.69) is 41.0 Å². The monoisotopic (exact) mass is 662 g/mol. The zero-order valence-corrected chi connectivity index (χ0v) is 28.8. The van der Waals surface area contributed by atoms with Crippen LogP contribution in [0.25, 0.3) is 32.9 Å². The van der Waals surface area contributed by atoms with E-state index in [0.29, 0.717) is 29.3 Å². The summed E-state index contributed by atoms with van der Waals surface area (Å²) in [5, 5.41) is 19.8. The van der Waals surface area contributed by atoms with Gasteiger partial charge in [-0.15, -0.1) is 0 Å². The molecule has 12 heteroatoms. The first kappa shape index (κ1) is 31.9. The van der Waals surface area contributed by atoms with Crippen molar-refractivity contribution in [2.24, 2.45) is 12.5 Å². The quantitative estimate of drug-likeness (QED) is 0.235. The van der Waals surface area contributed by atoms with Gasteiger partial charge in [-0.25, -0.2) is 14.2 Å². The van der Waals surface area contributed by atoms with Gasteiger partial charge < -0.3 is 20.2 Å². The highest BCUT2D eigenvalue weighted by atomic mass is 35.5. The van der Waals surface area contributed by atoms with Crippen molar-refractivity contribution in [1.29, 1.82) is 0 Å². The molecular formula is C35H44ClFN8O2. The van der Waals surface area contributed by atoms with Crippen LogP contribution in [0.1, 0.15) is 60.3 Å². The van der Waals surface area contributed by atoms with Gasteiger partial charge in [0, 0.05) is 67.7 Å². The third-order valence-corrected chi connectivity index (χ3v) is 11.3. The van der Waals surface area contributed by atoms with Gasteiger partial charge in [0.15, 0.2) is 5.82 Å². The maximum Gasteiger partial charge on any atom is 0.407 e. The van der Waals surface area contributed by atoms with Crippen molar-refractivity contribution in [2.45, 2.75) is 84.0 Å². The average Bonchev–Trinajstić information content (AvgIpc) is 3.80. The fraction of sp³-hybridized carbons (Fsp3) is 0.543. The molecule has 2 aromatic heterocycles. The number of carbonyl (C=O) groups is 1. The van der Waals surface area contributed by atoms with Crippen LogP contribution in [0.3, 0.4) is 0 Å². The largest absolute Gasteiger partial charge is 0.465 e. The van der Waals surface area contributed by atoms with Crippen LogP contribution in [0, 0.1) is 11.2 Å². The van der Waals surface area contributed by atoms with E-state index in [4.69, 9.17) is 21.6 Å². The summed E-state index contributed by atoms with van der Waals surface area (Å²) in [5.41, 5.74) is 0.804. The molecule has 2 aromatic carbocycles. The smallest absolute Gasteiger partial charge is 0.407 e. The standard InChI is InChI=1S/C35H44ClFN8O2/c1-20-18-45(33(46)47)35(5,34(2,3)4)19-44(20)31-24-16-26(36)28(23-8-7-9-27-25(23)17-38-42(27)6)29(37)30(24)40-32(41-31)39-21-12-14-43(15-13-21)22-10-11-22/h7-9,16-17,20-22H,10-15,18-19H2,1-6H3,(H,46,47)(H,39,40,41)/t20-,35-/m0/s1. The first-order chi connectivity index (χ1) is 22.3. The summed E-state index contributed by atoms with van der Waals surface area (Å²) in [7, 11) is 1.85. The Morgan fingerprint density at radius 2 is 1.85 bits per heavy atom. The first-order valence-corrected chi connectivity index (χ1v) is 17.0. The van der Waals surface area contributed by atoms with E-state index in [0.717, 1.165) is 42.9 Å². The van der Waals surface area contributed by atoms with Crippen molar-refractivity contribution in [1.82, 2.24) is 29.5 Å². The molecule has 4 aromatic rings. The maximum atomic E-state index is 17.1. The highest BCUT2D eigenvalue weighted by Gasteiger charge is 2.51. The average molecular weight is 663 g/mol. The number of piperidine rings is 1. The van der Waals surface area contributed by atoms with Crippen LogP contribution in [0.2, 0.25) is 5.02 Å². The SMILES string of the molecule is C[C@H]1CN(C(=O)O)[C@](C)(C(C)(C)C)CN1c1nc(NC2CCN(C3CC3)CC2)nc2c(F)c(-c3cccc4c3cnn4C)c(Cl)cc12. The fourth-order valence-corrected chi connectivity index (χ4v) is 7.78. The van der Waals surface area contributed by atoms with Crippen LogP contribution in [0.4, 0.5) is 21.0 Å². The van der Waals surface area contributed by atoms with Crippen molar-refractivity contribution in [3.63, 3.8) is 0 Å². The highest BCUT2D eigenvalue weighted by Crippen LogP contribution is 2.45. The lowest BCUT2D eigenvalue weighted by atomic mass is 9.71. The first-order valence-electron chi connectivity index (χ1n) is 16.7. The van der Waals surface area contributed by atoms with E-state index >= 15 is 4.39 Å². The van der Waals surface area contributed by atoms with Crippen LogP contribution < -0.4 is 10.2 Å². The summed E-state index contributed by atoms with van der Waals surface area (Å²) >= 11 is 6.98. The Bertz CT molecular complexity index is 1860. The number of hydrogen-bond acceptors (Lipinski definition) is 7. The highest BCUT2D eigenvalue weighted by molar-refractivity contribution is 6.35. The van der Waals surface area contributed by atoms with Gasteiger partial charge in [0.05, 0.1) is 22.3 Å². The third-order valence-electron chi connectivity index (χ3n) is 11.0. The van der Waals surface area contributed by atoms with Gasteiger partial charge in [0.25, 0.3) is 0 Å². The van der Waals surface area contributed by atoms with Gasteiger partial charge >= 0.3 is 6.09 Å². The van der Waals surface area contributed by atoms with Crippen LogP contribution in [-0.4, -0.2) is 90.6 Å². The molecule has 3 fully saturated rings. The van der Waals surface area contributed by atoms with Crippen LogP contribution in [-0.2, 0) is 7.05 Å². The molecule has 0 unspecified atom stereocenters. The number of hydrogen-bond donors (Lipinski definition) is 2. The molecule has 1 aliphatic carbocycles. The molecule has 2 aliphatic heterocycles. The van der Waals surface area contributed by atoms with Gasteiger partial charge in [-0.3, -0.25) is 9.58 Å². The lowest BCUT2D eigenvalue weighted by molar-refractivity contribution is -0.00146. The Morgan fingerprint density at radius 3 is 2.51 bits per heavy atom. The number of aromatic nitrogens is 4. The Balaban J connectivity index is 1.37. The second kappa shape index (κ2) is 11.5. The number of nitrogens with zero attached hydrogens (tertiary/aromatic N) is 7. The number of nitrogens with one attached hydrogen (secondary N) is 1. The normalized spacial score (nSPS) is 23.2. The Hall–Kier alpha value is -3.70. The minimum absolute atomic E-state index is 0.162. The molecule has 2 saturated heterocycles. The molecule has 4 heterocycles. The van der Waals surface area contributed by atoms with Gasteiger partial charge in [-0.05, 0) is 62.6 Å². The molecule has 2 atom stereocenters. The van der Waals surface area contributed by atoms with E-state index in [9.17, 15) is 9.90 Å². The second-order valence-electron chi connectivity index (χ2n) is 14.9. The topological polar surface area (TPSA) is 103 Å². The summed E-state index contributed by atoms with van der Waals surface area (Å²) in [5.74, 6) is 0.400. The van der Waals surface area contributed by atoms with Crippen molar-refractivity contribution in [2.75, 3.05) is 36.4 Å². The van der Waals surface area contributed by atoms with Crippen molar-refractivity contribution < 1.29 is 14.3 Å². The molecule has 1 saturated carbocycles. The number of piperazine rings is 1. The number of carboxylic acid groups (broad SMARTS) is 1. The number of likely N-dealkylation sites (tertiary alicyclic amines) is 1. The van der Waals surface area contributed by atoms with Gasteiger partial charge in [0.2, 0.25) is 5.95 Å². The fourth-order valence-electron chi connectivity index (χ4n) is 7.49. The molecule has 10 nitrogen and oxygen atoms in total. The van der Waals surface area contributed by atoms with Crippen molar-refractivity contribution >= 4 is 51.3 Å². The molecular weight excluding hydrogens is 619 g/mol. The van der Waals surface area contributed by atoms with Crippen molar-refractivity contribution in [3.8, 4) is 11.1 Å². The number of amides is 1. The molecule has 1 amide bonds. The van der Waals surface area contributed by atoms with E-state index < -0.39 is 22.9 Å². The van der Waals surface area contributed by atoms with Gasteiger partial charge in [0.1, 0.15) is 11.3 Å². The van der Waals surface area contributed by atoms with Crippen LogP contribution in [0.5, 0.6) is 0 Å². The van der Waals surface area contributed by atoms with Gasteiger partial charge in [-0.1, -0.05) is 44.5 Å². The van der Waals surface area contributed by atoms with Crippen molar-refractivity contribution in [3.05, 3.63) is 41.3 Å². The van der Waals surface area contributed by atoms with Gasteiger partial charge in [-0.2, -0.15) is 10.1 Å². The lowest BCUT2D eigenvalue weighted by Crippen LogP contribution is -2.70. The Kier molecular flexibility index (Phi) is 7.78. The number of halogens is 2. The zero-order chi connectivity index (χ0) is 33.4. The summed E-state index contributed by atoms with van der Waals surface area (Å²) in [6.45, 7) is 12.8. The summed E-state index contributed by atoms with van der Waals surface area (Å²) < 4.78 is 18.8. The summed E-state index contributed by atoms with van der Waals surface area (Å²) in [6, 6.07) is 8.10. The molecule has 2 N–H and O–H groups in total. The number of fused-ring (bicyclic) bond motifs is 2. The number of aryl methyl sites for hydroxylation is 1. The second-order valence-corrected chi connectivity index (χ2v) is 15.3. The minimum Gasteiger partial charge on any atom is -0.465 e. The third kappa shape index (κ3) is 5.45. The molecule has 0 radical (unpaired) electrons. The molecule has 3 aliphatic rings. The predicted molar refractivity (Wildman–Crippen MR) is 185 cm³/mol.